The topological polar surface area (TPSA) is 87.6 Å². The van der Waals surface area contributed by atoms with E-state index in [4.69, 9.17) is 0 Å². The lowest BCUT2D eigenvalue weighted by atomic mass is 10.2. The molecule has 6 nitrogen and oxygen atoms in total. The number of hydrogen-bond acceptors (Lipinski definition) is 4. The summed E-state index contributed by atoms with van der Waals surface area (Å²) in [6.07, 6.45) is 0. The number of carbonyl (C=O) groups excluding carboxylic acids is 1. The van der Waals surface area contributed by atoms with Gasteiger partial charge in [-0.25, -0.2) is 4.39 Å². The molecular formula is C15H12FN3O3S. The van der Waals surface area contributed by atoms with Crippen LogP contribution in [0.4, 0.5) is 10.1 Å². The lowest BCUT2D eigenvalue weighted by Gasteiger charge is -2.17. The van der Waals surface area contributed by atoms with Crippen molar-refractivity contribution in [3.63, 3.8) is 0 Å². The summed E-state index contributed by atoms with van der Waals surface area (Å²) in [5, 5.41) is 5.23. The lowest BCUT2D eigenvalue weighted by molar-refractivity contribution is -0.114. The van der Waals surface area contributed by atoms with Gasteiger partial charge in [-0.05, 0) is 29.8 Å². The lowest BCUT2D eigenvalue weighted by Crippen LogP contribution is -2.37. The maximum Gasteiger partial charge on any atom is 0.288 e. The second-order valence-corrected chi connectivity index (χ2v) is 6.42. The Morgan fingerprint density at radius 2 is 1.83 bits per heavy atom. The van der Waals surface area contributed by atoms with Crippen molar-refractivity contribution in [2.24, 2.45) is 4.40 Å². The van der Waals surface area contributed by atoms with Crippen LogP contribution < -0.4 is 10.6 Å². The second-order valence-electron chi connectivity index (χ2n) is 4.85. The molecule has 0 saturated carbocycles. The highest BCUT2D eigenvalue weighted by molar-refractivity contribution is 7.90. The minimum atomic E-state index is -3.91. The molecule has 0 unspecified atom stereocenters. The van der Waals surface area contributed by atoms with Gasteiger partial charge in [-0.3, -0.25) is 4.79 Å². The fraction of sp³-hybridized carbons (Fsp3) is 0.0667. The second kappa shape index (κ2) is 5.81. The van der Waals surface area contributed by atoms with Crippen molar-refractivity contribution < 1.29 is 17.6 Å². The van der Waals surface area contributed by atoms with E-state index in [1.165, 1.54) is 30.3 Å². The molecule has 0 aliphatic carbocycles. The highest BCUT2D eigenvalue weighted by Gasteiger charge is 2.27. The van der Waals surface area contributed by atoms with Crippen molar-refractivity contribution in [1.82, 2.24) is 5.32 Å². The van der Waals surface area contributed by atoms with E-state index in [1.54, 1.807) is 18.2 Å². The Morgan fingerprint density at radius 3 is 2.57 bits per heavy atom. The van der Waals surface area contributed by atoms with Gasteiger partial charge >= 0.3 is 0 Å². The van der Waals surface area contributed by atoms with E-state index < -0.39 is 15.9 Å². The average Bonchev–Trinajstić information content (AvgIpc) is 2.53. The number of sulfonamides is 1. The Balaban J connectivity index is 1.76. The molecule has 1 amide bonds. The van der Waals surface area contributed by atoms with Gasteiger partial charge < -0.3 is 10.6 Å². The van der Waals surface area contributed by atoms with Crippen molar-refractivity contribution in [3.8, 4) is 0 Å². The molecule has 1 aliphatic rings. The number of rotatable bonds is 3. The van der Waals surface area contributed by atoms with Crippen LogP contribution in [0.25, 0.3) is 0 Å². The standard InChI is InChI=1S/C15H12FN3O3S/c16-11-7-5-10(6-8-11)9-17-15(20)14-18-12-3-1-2-4-13(12)23(21,22)19-14/h1-8H,9H2,(H,17,20)(H,18,19). The molecular weight excluding hydrogens is 321 g/mol. The van der Waals surface area contributed by atoms with Crippen molar-refractivity contribution >= 4 is 27.5 Å². The molecule has 0 atom stereocenters. The molecule has 0 radical (unpaired) electrons. The Bertz CT molecular complexity index is 892. The molecule has 0 bridgehead atoms. The van der Waals surface area contributed by atoms with Crippen LogP contribution in [0, 0.1) is 5.82 Å². The monoisotopic (exact) mass is 333 g/mol. The van der Waals surface area contributed by atoms with Gasteiger partial charge in [0.1, 0.15) is 10.7 Å². The molecule has 0 saturated heterocycles. The summed E-state index contributed by atoms with van der Waals surface area (Å²) in [5.74, 6) is -1.33. The van der Waals surface area contributed by atoms with Gasteiger partial charge in [0.2, 0.25) is 5.84 Å². The summed E-state index contributed by atoms with van der Waals surface area (Å²) in [7, 11) is -3.91. The first-order chi connectivity index (χ1) is 11.0. The smallest absolute Gasteiger partial charge is 0.288 e. The first-order valence-corrected chi connectivity index (χ1v) is 8.13. The summed E-state index contributed by atoms with van der Waals surface area (Å²) in [5.41, 5.74) is 0.980. The number of amidine groups is 1. The number of anilines is 1. The minimum absolute atomic E-state index is 0.0232. The van der Waals surface area contributed by atoms with Crippen molar-refractivity contribution in [2.45, 2.75) is 11.4 Å². The van der Waals surface area contributed by atoms with E-state index in [0.29, 0.717) is 11.3 Å². The number of carbonyl (C=O) groups is 1. The Hall–Kier alpha value is -2.74. The summed E-state index contributed by atoms with van der Waals surface area (Å²) >= 11 is 0. The number of hydrogen-bond donors (Lipinski definition) is 2. The number of amides is 1. The molecule has 2 aromatic carbocycles. The third kappa shape index (κ3) is 3.21. The van der Waals surface area contributed by atoms with Crippen molar-refractivity contribution in [1.29, 1.82) is 0 Å². The van der Waals surface area contributed by atoms with E-state index in [1.807, 2.05) is 0 Å². The van der Waals surface area contributed by atoms with E-state index in [0.717, 1.165) is 0 Å². The SMILES string of the molecule is O=C(NCc1ccc(F)cc1)C1=NS(=O)(=O)c2ccccc2N1. The average molecular weight is 333 g/mol. The van der Waals surface area contributed by atoms with Gasteiger partial charge in [0.05, 0.1) is 5.69 Å². The number of nitrogens with zero attached hydrogens (tertiary/aromatic N) is 1. The number of nitrogens with one attached hydrogen (secondary N) is 2. The summed E-state index contributed by atoms with van der Waals surface area (Å²) in [6, 6.07) is 11.8. The first-order valence-electron chi connectivity index (χ1n) is 6.69. The van der Waals surface area contributed by atoms with Crippen LogP contribution in [0.2, 0.25) is 0 Å². The summed E-state index contributed by atoms with van der Waals surface area (Å²) in [6.45, 7) is 0.126. The molecule has 2 aromatic rings. The van der Waals surface area contributed by atoms with E-state index in [2.05, 4.69) is 15.0 Å². The molecule has 3 rings (SSSR count). The fourth-order valence-corrected chi connectivity index (χ4v) is 3.20. The van der Waals surface area contributed by atoms with Gasteiger partial charge in [0.25, 0.3) is 15.9 Å². The van der Waals surface area contributed by atoms with E-state index in [-0.39, 0.29) is 23.1 Å². The molecule has 0 spiro atoms. The largest absolute Gasteiger partial charge is 0.345 e. The Kier molecular flexibility index (Phi) is 3.83. The maximum atomic E-state index is 12.8. The molecule has 8 heteroatoms. The minimum Gasteiger partial charge on any atom is -0.345 e. The molecule has 23 heavy (non-hydrogen) atoms. The van der Waals surface area contributed by atoms with Gasteiger partial charge in [-0.15, -0.1) is 4.40 Å². The fourth-order valence-electron chi connectivity index (χ4n) is 2.08. The number of halogens is 1. The quantitative estimate of drug-likeness (QED) is 0.894. The number of fused-ring (bicyclic) bond motifs is 1. The third-order valence-electron chi connectivity index (χ3n) is 3.21. The molecule has 1 aliphatic heterocycles. The predicted octanol–water partition coefficient (Wildman–Crippen LogP) is 1.65. The van der Waals surface area contributed by atoms with E-state index in [9.17, 15) is 17.6 Å². The van der Waals surface area contributed by atoms with Gasteiger partial charge in [0, 0.05) is 6.54 Å². The normalized spacial score (nSPS) is 15.1. The van der Waals surface area contributed by atoms with Crippen LogP contribution in [0.15, 0.2) is 57.8 Å². The van der Waals surface area contributed by atoms with Crippen LogP contribution in [-0.4, -0.2) is 20.2 Å². The molecule has 0 aromatic heterocycles. The zero-order valence-corrected chi connectivity index (χ0v) is 12.6. The molecule has 1 heterocycles. The zero-order valence-electron chi connectivity index (χ0n) is 11.8. The van der Waals surface area contributed by atoms with Crippen LogP contribution in [-0.2, 0) is 21.4 Å². The number of benzene rings is 2. The highest BCUT2D eigenvalue weighted by Crippen LogP contribution is 2.26. The molecule has 0 fully saturated rings. The predicted molar refractivity (Wildman–Crippen MR) is 82.9 cm³/mol. The highest BCUT2D eigenvalue weighted by atomic mass is 32.2. The van der Waals surface area contributed by atoms with Gasteiger partial charge in [0.15, 0.2) is 0 Å². The summed E-state index contributed by atoms with van der Waals surface area (Å²) in [4.78, 5) is 12.1. The maximum absolute atomic E-state index is 12.8. The number of para-hydroxylation sites is 1. The zero-order chi connectivity index (χ0) is 16.4. The van der Waals surface area contributed by atoms with Crippen LogP contribution in [0.5, 0.6) is 0 Å². The van der Waals surface area contributed by atoms with E-state index >= 15 is 0 Å². The van der Waals surface area contributed by atoms with Crippen LogP contribution >= 0.6 is 0 Å². The Morgan fingerprint density at radius 1 is 1.13 bits per heavy atom. The van der Waals surface area contributed by atoms with Crippen molar-refractivity contribution in [3.05, 3.63) is 59.9 Å². The first kappa shape index (κ1) is 15.2. The third-order valence-corrected chi connectivity index (χ3v) is 4.55. The van der Waals surface area contributed by atoms with Crippen molar-refractivity contribution in [2.75, 3.05) is 5.32 Å². The molecule has 118 valence electrons. The Labute approximate surface area is 132 Å². The summed E-state index contributed by atoms with van der Waals surface area (Å²) < 4.78 is 40.4. The molecule has 2 N–H and O–H groups in total. The van der Waals surface area contributed by atoms with Crippen LogP contribution in [0.3, 0.4) is 0 Å². The van der Waals surface area contributed by atoms with Crippen LogP contribution in [0.1, 0.15) is 5.56 Å². The van der Waals surface area contributed by atoms with Gasteiger partial charge in [-0.2, -0.15) is 8.42 Å². The van der Waals surface area contributed by atoms with Gasteiger partial charge in [-0.1, -0.05) is 24.3 Å².